The van der Waals surface area contributed by atoms with Gasteiger partial charge in [-0.2, -0.15) is 0 Å². The molecule has 0 aliphatic heterocycles. The third kappa shape index (κ3) is 1.70. The quantitative estimate of drug-likeness (QED) is 0.579. The van der Waals surface area contributed by atoms with E-state index >= 15 is 0 Å². The first-order chi connectivity index (χ1) is 7.79. The van der Waals surface area contributed by atoms with Crippen LogP contribution in [0, 0.1) is 0 Å². The minimum Gasteiger partial charge on any atom is -0.289 e. The number of ketones is 2. The van der Waals surface area contributed by atoms with Crippen LogP contribution in [0.1, 0.15) is 31.8 Å². The van der Waals surface area contributed by atoms with Gasteiger partial charge in [-0.1, -0.05) is 48.5 Å². The van der Waals surface area contributed by atoms with Gasteiger partial charge < -0.3 is 0 Å². The molecule has 0 unspecified atom stereocenters. The van der Waals surface area contributed by atoms with Crippen molar-refractivity contribution in [2.45, 2.75) is 0 Å². The molecule has 2 aromatic rings. The van der Waals surface area contributed by atoms with Crippen molar-refractivity contribution >= 4 is 11.6 Å². The van der Waals surface area contributed by atoms with Crippen molar-refractivity contribution in [2.75, 3.05) is 0 Å². The molecule has 0 radical (unpaired) electrons. The van der Waals surface area contributed by atoms with Crippen LogP contribution in [0.15, 0.2) is 48.5 Å². The van der Waals surface area contributed by atoms with E-state index in [9.17, 15) is 9.59 Å². The van der Waals surface area contributed by atoms with Crippen LogP contribution in [0.5, 0.6) is 0 Å². The topological polar surface area (TPSA) is 34.1 Å². The number of hydrogen-bond acceptors (Lipinski definition) is 2. The van der Waals surface area contributed by atoms with E-state index in [1.54, 1.807) is 48.5 Å². The maximum absolute atomic E-state index is 12.1. The number of carbonyl (C=O) groups is 2. The van der Waals surface area contributed by atoms with E-state index in [1.807, 2.05) is 0 Å². The number of carbonyl (C=O) groups excluding carboxylic acids is 2. The predicted octanol–water partition coefficient (Wildman–Crippen LogP) is 2.46. The molecule has 0 saturated carbocycles. The van der Waals surface area contributed by atoms with Gasteiger partial charge in [0, 0.05) is 44.0 Å². The third-order valence-electron chi connectivity index (χ3n) is 2.83. The Kier molecular flexibility index (Phi) is 3.10. The van der Waals surface area contributed by atoms with Crippen LogP contribution >= 0.6 is 0 Å². The summed E-state index contributed by atoms with van der Waals surface area (Å²) in [5.74, 6) is -0.128. The summed E-state index contributed by atoms with van der Waals surface area (Å²) in [7, 11) is 0. The molecule has 2 nitrogen and oxygen atoms in total. The fourth-order valence-corrected chi connectivity index (χ4v) is 2.05. The van der Waals surface area contributed by atoms with Crippen molar-refractivity contribution in [1.82, 2.24) is 0 Å². The van der Waals surface area contributed by atoms with Crippen molar-refractivity contribution in [3.05, 3.63) is 70.8 Å². The van der Waals surface area contributed by atoms with E-state index < -0.39 is 0 Å². The largest absolute Gasteiger partial charge is 0.289 e. The second-order valence-corrected chi connectivity index (χ2v) is 3.75. The number of benzene rings is 2. The number of hydrogen-bond donors (Lipinski definition) is 0. The molecule has 0 saturated heterocycles. The maximum Gasteiger partial charge on any atom is 0.194 e. The normalized spacial score (nSPS) is 12.5. The molecule has 2 aromatic carbocycles. The van der Waals surface area contributed by atoms with Crippen LogP contribution in [0.4, 0.5) is 0 Å². The van der Waals surface area contributed by atoms with Gasteiger partial charge in [0.25, 0.3) is 0 Å². The van der Waals surface area contributed by atoms with E-state index in [0.29, 0.717) is 22.3 Å². The van der Waals surface area contributed by atoms with Gasteiger partial charge in [0.05, 0.1) is 0 Å². The monoisotopic (exact) mass is 256 g/mol. The van der Waals surface area contributed by atoms with Crippen molar-refractivity contribution < 1.29 is 31.3 Å². The van der Waals surface area contributed by atoms with Crippen LogP contribution in [0.3, 0.4) is 0 Å². The Balaban J connectivity index is 0.00000108. The van der Waals surface area contributed by atoms with Crippen LogP contribution in [0.2, 0.25) is 0 Å². The summed E-state index contributed by atoms with van der Waals surface area (Å²) in [6.45, 7) is 0. The zero-order chi connectivity index (χ0) is 11.1. The van der Waals surface area contributed by atoms with Crippen LogP contribution < -0.4 is 0 Å². The SMILES string of the molecule is O=C1c2ccccc2C(=O)c2ccccc21.[Ti]. The molecule has 1 aliphatic carbocycles. The number of rotatable bonds is 0. The number of fused-ring (bicyclic) bond motifs is 2. The van der Waals surface area contributed by atoms with Gasteiger partial charge in [0.15, 0.2) is 11.6 Å². The molecule has 0 aromatic heterocycles. The fourth-order valence-electron chi connectivity index (χ4n) is 2.05. The molecule has 3 heteroatoms. The third-order valence-corrected chi connectivity index (χ3v) is 2.83. The van der Waals surface area contributed by atoms with Crippen molar-refractivity contribution in [1.29, 1.82) is 0 Å². The maximum atomic E-state index is 12.1. The van der Waals surface area contributed by atoms with Gasteiger partial charge in [-0.15, -0.1) is 0 Å². The molecule has 1 aliphatic rings. The van der Waals surface area contributed by atoms with E-state index in [0.717, 1.165) is 0 Å². The Labute approximate surface area is 114 Å². The molecule has 0 bridgehead atoms. The Morgan fingerprint density at radius 2 is 0.765 bits per heavy atom. The van der Waals surface area contributed by atoms with Crippen LogP contribution in [0.25, 0.3) is 0 Å². The molecule has 17 heavy (non-hydrogen) atoms. The van der Waals surface area contributed by atoms with Gasteiger partial charge in [0.2, 0.25) is 0 Å². The van der Waals surface area contributed by atoms with Gasteiger partial charge in [-0.3, -0.25) is 9.59 Å². The molecule has 80 valence electrons. The molecule has 3 rings (SSSR count). The van der Waals surface area contributed by atoms with Gasteiger partial charge >= 0.3 is 0 Å². The van der Waals surface area contributed by atoms with Gasteiger partial charge in [-0.25, -0.2) is 0 Å². The van der Waals surface area contributed by atoms with E-state index in [2.05, 4.69) is 0 Å². The predicted molar refractivity (Wildman–Crippen MR) is 59.7 cm³/mol. The Bertz CT molecular complexity index is 512. The second kappa shape index (κ2) is 4.40. The van der Waals surface area contributed by atoms with Crippen molar-refractivity contribution in [3.63, 3.8) is 0 Å². The summed E-state index contributed by atoms with van der Waals surface area (Å²) < 4.78 is 0. The molecule has 0 fully saturated rings. The molecule has 0 spiro atoms. The summed E-state index contributed by atoms with van der Waals surface area (Å²) >= 11 is 0. The first-order valence-electron chi connectivity index (χ1n) is 5.06. The molecule has 0 amide bonds. The van der Waals surface area contributed by atoms with Crippen LogP contribution in [-0.4, -0.2) is 11.6 Å². The second-order valence-electron chi connectivity index (χ2n) is 3.75. The molecular weight excluding hydrogens is 248 g/mol. The fraction of sp³-hybridized carbons (Fsp3) is 0. The van der Waals surface area contributed by atoms with Crippen LogP contribution in [-0.2, 0) is 21.7 Å². The minimum atomic E-state index is -0.0641. The van der Waals surface area contributed by atoms with Gasteiger partial charge in [0.1, 0.15) is 0 Å². The first-order valence-corrected chi connectivity index (χ1v) is 5.06. The van der Waals surface area contributed by atoms with E-state index in [1.165, 1.54) is 0 Å². The summed E-state index contributed by atoms with van der Waals surface area (Å²) in [4.78, 5) is 24.2. The minimum absolute atomic E-state index is 0. The molecule has 0 heterocycles. The van der Waals surface area contributed by atoms with Crippen molar-refractivity contribution in [3.8, 4) is 0 Å². The van der Waals surface area contributed by atoms with E-state index in [-0.39, 0.29) is 33.3 Å². The zero-order valence-corrected chi connectivity index (χ0v) is 10.5. The summed E-state index contributed by atoms with van der Waals surface area (Å²) in [6, 6.07) is 13.9. The Morgan fingerprint density at radius 3 is 1.00 bits per heavy atom. The summed E-state index contributed by atoms with van der Waals surface area (Å²) in [5, 5.41) is 0. The summed E-state index contributed by atoms with van der Waals surface area (Å²) in [5.41, 5.74) is 2.02. The first kappa shape index (κ1) is 12.0. The molecule has 0 atom stereocenters. The smallest absolute Gasteiger partial charge is 0.194 e. The average molecular weight is 256 g/mol. The zero-order valence-electron chi connectivity index (χ0n) is 8.94. The standard InChI is InChI=1S/C14H8O2.Ti/c15-13-9-5-1-2-6-10(9)14(16)12-8-4-3-7-11(12)13;/h1-8H;. The Hall–Kier alpha value is -1.51. The van der Waals surface area contributed by atoms with Gasteiger partial charge in [-0.05, 0) is 0 Å². The average Bonchev–Trinajstić information content (AvgIpc) is 2.36. The summed E-state index contributed by atoms with van der Waals surface area (Å²) in [6.07, 6.45) is 0. The molecule has 0 N–H and O–H groups in total. The van der Waals surface area contributed by atoms with Crippen molar-refractivity contribution in [2.24, 2.45) is 0 Å². The Morgan fingerprint density at radius 1 is 0.529 bits per heavy atom. The molecular formula is C14H8O2Ti. The van der Waals surface area contributed by atoms with E-state index in [4.69, 9.17) is 0 Å².